The standard InChI is InChI=1S/C13H9N3O/c17-15-10-13-5-1-4-12(16-13)7-6-11-3-2-8-14-9-11/h1-5,8-10,17H/b15-10+. The number of hydrogen-bond donors (Lipinski definition) is 1. The van der Waals surface area contributed by atoms with Gasteiger partial charge in [-0.15, -0.1) is 0 Å². The molecule has 0 atom stereocenters. The number of nitrogens with zero attached hydrogens (tertiary/aromatic N) is 3. The van der Waals surface area contributed by atoms with Crippen LogP contribution in [0.4, 0.5) is 0 Å². The Hall–Kier alpha value is -2.67. The molecule has 0 saturated carbocycles. The summed E-state index contributed by atoms with van der Waals surface area (Å²) in [6, 6.07) is 9.02. The Bertz CT molecular complexity index is 582. The van der Waals surface area contributed by atoms with Gasteiger partial charge >= 0.3 is 0 Å². The summed E-state index contributed by atoms with van der Waals surface area (Å²) in [6.45, 7) is 0. The van der Waals surface area contributed by atoms with Crippen LogP contribution in [0.15, 0.2) is 47.9 Å². The average Bonchev–Trinajstić information content (AvgIpc) is 2.39. The molecular weight excluding hydrogens is 214 g/mol. The maximum absolute atomic E-state index is 8.40. The second kappa shape index (κ2) is 5.42. The number of rotatable bonds is 1. The topological polar surface area (TPSA) is 58.4 Å². The van der Waals surface area contributed by atoms with E-state index in [1.165, 1.54) is 6.21 Å². The first kappa shape index (κ1) is 10.8. The van der Waals surface area contributed by atoms with Crippen LogP contribution < -0.4 is 0 Å². The highest BCUT2D eigenvalue weighted by molar-refractivity contribution is 5.76. The van der Waals surface area contributed by atoms with Gasteiger partial charge in [-0.05, 0) is 30.2 Å². The normalized spacial score (nSPS) is 9.88. The Kier molecular flexibility index (Phi) is 3.46. The fourth-order valence-corrected chi connectivity index (χ4v) is 1.23. The first-order valence-corrected chi connectivity index (χ1v) is 4.95. The van der Waals surface area contributed by atoms with Crippen LogP contribution >= 0.6 is 0 Å². The molecule has 2 heterocycles. The molecule has 2 aromatic rings. The maximum atomic E-state index is 8.40. The van der Waals surface area contributed by atoms with E-state index < -0.39 is 0 Å². The van der Waals surface area contributed by atoms with Crippen LogP contribution in [0.2, 0.25) is 0 Å². The molecule has 0 aliphatic carbocycles. The van der Waals surface area contributed by atoms with E-state index in [0.29, 0.717) is 11.4 Å². The summed E-state index contributed by atoms with van der Waals surface area (Å²) < 4.78 is 0. The number of hydrogen-bond acceptors (Lipinski definition) is 4. The van der Waals surface area contributed by atoms with Gasteiger partial charge in [0, 0.05) is 18.0 Å². The van der Waals surface area contributed by atoms with Crippen LogP contribution in [0, 0.1) is 11.8 Å². The van der Waals surface area contributed by atoms with Crippen molar-refractivity contribution in [2.75, 3.05) is 0 Å². The van der Waals surface area contributed by atoms with Crippen LogP contribution in [0.5, 0.6) is 0 Å². The highest BCUT2D eigenvalue weighted by Crippen LogP contribution is 1.97. The second-order valence-electron chi connectivity index (χ2n) is 3.18. The minimum absolute atomic E-state index is 0.561. The van der Waals surface area contributed by atoms with Gasteiger partial charge < -0.3 is 5.21 Å². The summed E-state index contributed by atoms with van der Waals surface area (Å²) in [7, 11) is 0. The first-order chi connectivity index (χ1) is 8.38. The lowest BCUT2D eigenvalue weighted by atomic mass is 10.2. The maximum Gasteiger partial charge on any atom is 0.114 e. The van der Waals surface area contributed by atoms with Crippen molar-refractivity contribution in [3.05, 3.63) is 59.7 Å². The largest absolute Gasteiger partial charge is 0.411 e. The van der Waals surface area contributed by atoms with Crippen LogP contribution in [0.1, 0.15) is 17.0 Å². The Morgan fingerprint density at radius 3 is 2.88 bits per heavy atom. The van der Waals surface area contributed by atoms with Crippen molar-refractivity contribution in [3.8, 4) is 11.8 Å². The van der Waals surface area contributed by atoms with Gasteiger partial charge in [-0.1, -0.05) is 17.1 Å². The van der Waals surface area contributed by atoms with Crippen molar-refractivity contribution in [1.29, 1.82) is 0 Å². The minimum Gasteiger partial charge on any atom is -0.411 e. The molecule has 17 heavy (non-hydrogen) atoms. The van der Waals surface area contributed by atoms with Gasteiger partial charge in [-0.25, -0.2) is 4.98 Å². The number of pyridine rings is 2. The summed E-state index contributed by atoms with van der Waals surface area (Å²) >= 11 is 0. The SMILES string of the molecule is O/N=C/c1cccc(C#Cc2cccnc2)n1. The highest BCUT2D eigenvalue weighted by Gasteiger charge is 1.92. The fraction of sp³-hybridized carbons (Fsp3) is 0. The molecule has 0 saturated heterocycles. The molecule has 0 radical (unpaired) electrons. The monoisotopic (exact) mass is 223 g/mol. The van der Waals surface area contributed by atoms with Crippen molar-refractivity contribution >= 4 is 6.21 Å². The zero-order valence-corrected chi connectivity index (χ0v) is 8.91. The van der Waals surface area contributed by atoms with E-state index in [0.717, 1.165) is 5.56 Å². The second-order valence-corrected chi connectivity index (χ2v) is 3.18. The number of oxime groups is 1. The van der Waals surface area contributed by atoms with E-state index in [4.69, 9.17) is 5.21 Å². The molecule has 4 nitrogen and oxygen atoms in total. The first-order valence-electron chi connectivity index (χ1n) is 4.95. The zero-order valence-electron chi connectivity index (χ0n) is 8.91. The summed E-state index contributed by atoms with van der Waals surface area (Å²) in [5.74, 6) is 5.86. The molecule has 1 N–H and O–H groups in total. The summed E-state index contributed by atoms with van der Waals surface area (Å²) in [5, 5.41) is 11.3. The zero-order chi connectivity index (χ0) is 11.9. The van der Waals surface area contributed by atoms with Gasteiger partial charge in [0.25, 0.3) is 0 Å². The van der Waals surface area contributed by atoms with Gasteiger partial charge in [0.15, 0.2) is 0 Å². The van der Waals surface area contributed by atoms with E-state index in [2.05, 4.69) is 27.0 Å². The average molecular weight is 223 g/mol. The molecule has 2 rings (SSSR count). The molecule has 0 unspecified atom stereocenters. The lowest BCUT2D eigenvalue weighted by Gasteiger charge is -1.92. The van der Waals surface area contributed by atoms with Gasteiger partial charge in [0.05, 0.1) is 11.9 Å². The molecule has 0 spiro atoms. The van der Waals surface area contributed by atoms with Crippen molar-refractivity contribution in [2.24, 2.45) is 5.16 Å². The van der Waals surface area contributed by atoms with Gasteiger partial charge in [0.1, 0.15) is 5.69 Å². The van der Waals surface area contributed by atoms with Gasteiger partial charge in [-0.2, -0.15) is 0 Å². The molecule has 0 aromatic carbocycles. The van der Waals surface area contributed by atoms with Gasteiger partial charge in [-0.3, -0.25) is 4.98 Å². The Morgan fingerprint density at radius 1 is 1.18 bits per heavy atom. The minimum atomic E-state index is 0.561. The molecule has 0 aliphatic rings. The van der Waals surface area contributed by atoms with Gasteiger partial charge in [0.2, 0.25) is 0 Å². The third kappa shape index (κ3) is 3.14. The van der Waals surface area contributed by atoms with Crippen molar-refractivity contribution in [3.63, 3.8) is 0 Å². The fourth-order valence-electron chi connectivity index (χ4n) is 1.23. The Morgan fingerprint density at radius 2 is 2.12 bits per heavy atom. The van der Waals surface area contributed by atoms with E-state index in [9.17, 15) is 0 Å². The van der Waals surface area contributed by atoms with Crippen molar-refractivity contribution in [1.82, 2.24) is 9.97 Å². The Balaban J connectivity index is 2.25. The molecule has 0 bridgehead atoms. The predicted octanol–water partition coefficient (Wildman–Crippen LogP) is 1.68. The third-order valence-electron chi connectivity index (χ3n) is 1.96. The summed E-state index contributed by atoms with van der Waals surface area (Å²) in [4.78, 5) is 8.14. The van der Waals surface area contributed by atoms with E-state index in [1.54, 1.807) is 30.6 Å². The molecule has 2 aromatic heterocycles. The molecule has 0 amide bonds. The smallest absolute Gasteiger partial charge is 0.114 e. The van der Waals surface area contributed by atoms with Crippen molar-refractivity contribution < 1.29 is 5.21 Å². The van der Waals surface area contributed by atoms with E-state index in [1.807, 2.05) is 12.1 Å². The van der Waals surface area contributed by atoms with Crippen molar-refractivity contribution in [2.45, 2.75) is 0 Å². The molecule has 82 valence electrons. The third-order valence-corrected chi connectivity index (χ3v) is 1.96. The van der Waals surface area contributed by atoms with E-state index in [-0.39, 0.29) is 0 Å². The molecule has 0 fully saturated rings. The molecular formula is C13H9N3O. The van der Waals surface area contributed by atoms with Crippen LogP contribution in [0.25, 0.3) is 0 Å². The molecule has 0 aliphatic heterocycles. The lowest BCUT2D eigenvalue weighted by Crippen LogP contribution is -1.90. The van der Waals surface area contributed by atoms with Crippen LogP contribution in [0.3, 0.4) is 0 Å². The summed E-state index contributed by atoms with van der Waals surface area (Å²) in [6.07, 6.45) is 4.64. The Labute approximate surface area is 98.7 Å². The predicted molar refractivity (Wildman–Crippen MR) is 63.8 cm³/mol. The van der Waals surface area contributed by atoms with E-state index >= 15 is 0 Å². The lowest BCUT2D eigenvalue weighted by molar-refractivity contribution is 0.321. The van der Waals surface area contributed by atoms with Crippen LogP contribution in [-0.4, -0.2) is 21.4 Å². The van der Waals surface area contributed by atoms with Crippen LogP contribution in [-0.2, 0) is 0 Å². The quantitative estimate of drug-likeness (QED) is 0.346. The highest BCUT2D eigenvalue weighted by atomic mass is 16.4. The molecule has 4 heteroatoms. The summed E-state index contributed by atoms with van der Waals surface area (Å²) in [5.41, 5.74) is 2.01. The number of aromatic nitrogens is 2.